The number of rotatable bonds is 7. The predicted octanol–water partition coefficient (Wildman–Crippen LogP) is 2.73. The normalized spacial score (nSPS) is 16.2. The summed E-state index contributed by atoms with van der Waals surface area (Å²) in [7, 11) is 0. The minimum absolute atomic E-state index is 0. The maximum atomic E-state index is 14.0. The summed E-state index contributed by atoms with van der Waals surface area (Å²) in [5.41, 5.74) is 0.853. The van der Waals surface area contributed by atoms with Gasteiger partial charge in [0.05, 0.1) is 31.4 Å². The highest BCUT2D eigenvalue weighted by molar-refractivity contribution is 14.0. The van der Waals surface area contributed by atoms with E-state index >= 15 is 0 Å². The van der Waals surface area contributed by atoms with Gasteiger partial charge < -0.3 is 15.4 Å². The molecular weight excluding hydrogens is 472 g/mol. The Kier molecular flexibility index (Phi) is 11.3. The molecule has 1 unspecified atom stereocenters. The first-order valence-corrected chi connectivity index (χ1v) is 9.57. The van der Waals surface area contributed by atoms with Crippen LogP contribution in [0.2, 0.25) is 0 Å². The average Bonchev–Trinajstić information content (AvgIpc) is 2.67. The van der Waals surface area contributed by atoms with Crippen molar-refractivity contribution in [2.75, 3.05) is 39.4 Å². The summed E-state index contributed by atoms with van der Waals surface area (Å²) in [5.74, 6) is 0.795. The molecular formula is C20H31FIN5O. The average molecular weight is 503 g/mol. The molecule has 1 aromatic rings. The Morgan fingerprint density at radius 3 is 2.64 bits per heavy atom. The van der Waals surface area contributed by atoms with Crippen molar-refractivity contribution in [3.05, 3.63) is 35.1 Å². The molecule has 0 spiro atoms. The zero-order chi connectivity index (χ0) is 19.6. The summed E-state index contributed by atoms with van der Waals surface area (Å²) >= 11 is 0. The van der Waals surface area contributed by atoms with Crippen LogP contribution in [-0.4, -0.2) is 56.3 Å². The third kappa shape index (κ3) is 7.53. The molecule has 1 saturated heterocycles. The van der Waals surface area contributed by atoms with Crippen molar-refractivity contribution in [3.63, 3.8) is 0 Å². The van der Waals surface area contributed by atoms with E-state index in [1.54, 1.807) is 6.07 Å². The summed E-state index contributed by atoms with van der Waals surface area (Å²) < 4.78 is 19.4. The van der Waals surface area contributed by atoms with Crippen LogP contribution in [0.3, 0.4) is 0 Å². The zero-order valence-corrected chi connectivity index (χ0v) is 19.2. The number of aliphatic imine (C=N–C) groups is 1. The standard InChI is InChI=1S/C20H30FN5O.HI/c1-4-23-20(24-13-17-11-16(12-22)5-6-18(17)21)25-14-19(15(2)3)26-7-9-27-10-8-26;/h5-6,11,15,19H,4,7-10,13-14H2,1-3H3,(H2,23,24,25);1H. The van der Waals surface area contributed by atoms with Crippen LogP contribution in [0.5, 0.6) is 0 Å². The fraction of sp³-hybridized carbons (Fsp3) is 0.600. The van der Waals surface area contributed by atoms with Crippen LogP contribution >= 0.6 is 24.0 Å². The van der Waals surface area contributed by atoms with Crippen LogP contribution in [0.1, 0.15) is 31.9 Å². The Bertz CT molecular complexity index is 671. The van der Waals surface area contributed by atoms with Gasteiger partial charge in [-0.3, -0.25) is 4.90 Å². The number of hydrogen-bond donors (Lipinski definition) is 2. The molecule has 1 heterocycles. The SMILES string of the molecule is CCNC(=NCc1cc(C#N)ccc1F)NCC(C(C)C)N1CCOCC1.I. The quantitative estimate of drug-likeness (QED) is 0.340. The molecule has 1 atom stereocenters. The van der Waals surface area contributed by atoms with Crippen LogP contribution < -0.4 is 10.6 Å². The molecule has 1 aromatic carbocycles. The van der Waals surface area contributed by atoms with E-state index < -0.39 is 0 Å². The van der Waals surface area contributed by atoms with E-state index in [0.717, 1.165) is 39.4 Å². The van der Waals surface area contributed by atoms with Crippen molar-refractivity contribution >= 4 is 29.9 Å². The Morgan fingerprint density at radius 2 is 2.04 bits per heavy atom. The minimum Gasteiger partial charge on any atom is -0.379 e. The molecule has 156 valence electrons. The largest absolute Gasteiger partial charge is 0.379 e. The number of nitriles is 1. The molecule has 8 heteroatoms. The zero-order valence-electron chi connectivity index (χ0n) is 16.9. The summed E-state index contributed by atoms with van der Waals surface area (Å²) in [6.07, 6.45) is 0. The summed E-state index contributed by atoms with van der Waals surface area (Å²) in [5, 5.41) is 15.6. The van der Waals surface area contributed by atoms with Gasteiger partial charge in [-0.25, -0.2) is 9.38 Å². The fourth-order valence-corrected chi connectivity index (χ4v) is 3.17. The van der Waals surface area contributed by atoms with Crippen LogP contribution in [0.25, 0.3) is 0 Å². The lowest BCUT2D eigenvalue weighted by Crippen LogP contribution is -2.52. The lowest BCUT2D eigenvalue weighted by Gasteiger charge is -2.37. The molecule has 1 fully saturated rings. The number of hydrogen-bond acceptors (Lipinski definition) is 4. The van der Waals surface area contributed by atoms with E-state index in [9.17, 15) is 4.39 Å². The molecule has 1 aliphatic heterocycles. The Hall–Kier alpha value is -1.44. The maximum Gasteiger partial charge on any atom is 0.191 e. The molecule has 0 radical (unpaired) electrons. The van der Waals surface area contributed by atoms with Crippen LogP contribution in [0.4, 0.5) is 4.39 Å². The van der Waals surface area contributed by atoms with E-state index in [1.807, 2.05) is 13.0 Å². The maximum absolute atomic E-state index is 14.0. The smallest absolute Gasteiger partial charge is 0.191 e. The third-order valence-electron chi connectivity index (χ3n) is 4.69. The second-order valence-electron chi connectivity index (χ2n) is 6.95. The summed E-state index contributed by atoms with van der Waals surface area (Å²) in [6, 6.07) is 6.74. The molecule has 6 nitrogen and oxygen atoms in total. The van der Waals surface area contributed by atoms with Gasteiger partial charge in [-0.15, -0.1) is 24.0 Å². The minimum atomic E-state index is -0.345. The highest BCUT2D eigenvalue weighted by atomic mass is 127. The monoisotopic (exact) mass is 503 g/mol. The van der Waals surface area contributed by atoms with Gasteiger partial charge >= 0.3 is 0 Å². The molecule has 0 aliphatic carbocycles. The first kappa shape index (κ1) is 24.6. The molecule has 0 amide bonds. The highest BCUT2D eigenvalue weighted by Crippen LogP contribution is 2.13. The van der Waals surface area contributed by atoms with E-state index in [1.165, 1.54) is 12.1 Å². The number of halogens is 2. The van der Waals surface area contributed by atoms with Gasteiger partial charge in [0, 0.05) is 37.8 Å². The van der Waals surface area contributed by atoms with Gasteiger partial charge in [0.2, 0.25) is 0 Å². The Labute approximate surface area is 184 Å². The third-order valence-corrected chi connectivity index (χ3v) is 4.69. The molecule has 0 bridgehead atoms. The van der Waals surface area contributed by atoms with E-state index in [4.69, 9.17) is 10.00 Å². The molecule has 28 heavy (non-hydrogen) atoms. The van der Waals surface area contributed by atoms with Crippen LogP contribution in [-0.2, 0) is 11.3 Å². The molecule has 2 N–H and O–H groups in total. The van der Waals surface area contributed by atoms with Crippen molar-refractivity contribution < 1.29 is 9.13 Å². The first-order chi connectivity index (χ1) is 13.0. The van der Waals surface area contributed by atoms with Crippen molar-refractivity contribution in [3.8, 4) is 6.07 Å². The number of morpholine rings is 1. The number of ether oxygens (including phenoxy) is 1. The van der Waals surface area contributed by atoms with E-state index in [0.29, 0.717) is 29.0 Å². The van der Waals surface area contributed by atoms with Gasteiger partial charge in [-0.1, -0.05) is 13.8 Å². The topological polar surface area (TPSA) is 72.7 Å². The van der Waals surface area contributed by atoms with Gasteiger partial charge in [-0.2, -0.15) is 5.26 Å². The molecule has 0 aromatic heterocycles. The van der Waals surface area contributed by atoms with E-state index in [2.05, 4.69) is 34.4 Å². The van der Waals surface area contributed by atoms with Gasteiger partial charge in [0.25, 0.3) is 0 Å². The second kappa shape index (κ2) is 12.9. The highest BCUT2D eigenvalue weighted by Gasteiger charge is 2.23. The number of benzene rings is 1. The van der Waals surface area contributed by atoms with Gasteiger partial charge in [0.15, 0.2) is 5.96 Å². The molecule has 0 saturated carbocycles. The van der Waals surface area contributed by atoms with Crippen molar-refractivity contribution in [2.24, 2.45) is 10.9 Å². The second-order valence-corrected chi connectivity index (χ2v) is 6.95. The Morgan fingerprint density at radius 1 is 1.32 bits per heavy atom. The lowest BCUT2D eigenvalue weighted by molar-refractivity contribution is 0.00752. The fourth-order valence-electron chi connectivity index (χ4n) is 3.17. The summed E-state index contributed by atoms with van der Waals surface area (Å²) in [6.45, 7) is 11.5. The lowest BCUT2D eigenvalue weighted by atomic mass is 10.0. The van der Waals surface area contributed by atoms with Crippen molar-refractivity contribution in [1.29, 1.82) is 5.26 Å². The first-order valence-electron chi connectivity index (χ1n) is 9.57. The van der Waals surface area contributed by atoms with Gasteiger partial charge in [0.1, 0.15) is 5.82 Å². The predicted molar refractivity (Wildman–Crippen MR) is 120 cm³/mol. The summed E-state index contributed by atoms with van der Waals surface area (Å²) in [4.78, 5) is 6.94. The number of nitrogens with one attached hydrogen (secondary N) is 2. The molecule has 2 rings (SSSR count). The number of guanidine groups is 1. The van der Waals surface area contributed by atoms with Gasteiger partial charge in [-0.05, 0) is 31.0 Å². The van der Waals surface area contributed by atoms with E-state index in [-0.39, 0.29) is 36.3 Å². The molecule has 1 aliphatic rings. The number of nitrogens with zero attached hydrogens (tertiary/aromatic N) is 3. The van der Waals surface area contributed by atoms with Crippen molar-refractivity contribution in [1.82, 2.24) is 15.5 Å². The van der Waals surface area contributed by atoms with Crippen molar-refractivity contribution in [2.45, 2.75) is 33.4 Å². The Balaban J connectivity index is 0.00000392. The van der Waals surface area contributed by atoms with Crippen LogP contribution in [0, 0.1) is 23.1 Å². The van der Waals surface area contributed by atoms with Crippen LogP contribution in [0.15, 0.2) is 23.2 Å².